The number of unbranched alkanes of at least 4 members (excludes halogenated alkanes) is 6. The van der Waals surface area contributed by atoms with Crippen molar-refractivity contribution in [1.82, 2.24) is 0 Å². The molecule has 0 saturated heterocycles. The summed E-state index contributed by atoms with van der Waals surface area (Å²) in [4.78, 5) is 0. The molecule has 0 aromatic heterocycles. The number of phenols is 2. The molecule has 0 aliphatic carbocycles. The molecule has 1 aromatic rings. The van der Waals surface area contributed by atoms with Gasteiger partial charge >= 0.3 is 0 Å². The van der Waals surface area contributed by atoms with Crippen LogP contribution in [0.4, 0.5) is 0 Å². The number of aromatic hydroxyl groups is 2. The van der Waals surface area contributed by atoms with Crippen molar-refractivity contribution in [3.63, 3.8) is 0 Å². The average molecular weight is 248 g/mol. The standard InChI is InChI=1S/C16H24O2/c1-2-3-4-5-6-7-8-9-10-14-13-15(17)11-12-16(14)18/h9-13,17-18H,2-8H2,1H3. The molecule has 0 unspecified atom stereocenters. The Bertz CT molecular complexity index is 369. The summed E-state index contributed by atoms with van der Waals surface area (Å²) < 4.78 is 0. The molecule has 0 atom stereocenters. The van der Waals surface area contributed by atoms with Gasteiger partial charge in [0.15, 0.2) is 0 Å². The Hall–Kier alpha value is -1.44. The molecule has 0 heterocycles. The van der Waals surface area contributed by atoms with Crippen molar-refractivity contribution in [2.24, 2.45) is 0 Å². The first-order valence-electron chi connectivity index (χ1n) is 6.92. The Morgan fingerprint density at radius 1 is 1.00 bits per heavy atom. The third-order valence-corrected chi connectivity index (χ3v) is 3.03. The smallest absolute Gasteiger partial charge is 0.123 e. The van der Waals surface area contributed by atoms with Crippen LogP contribution in [0.25, 0.3) is 6.08 Å². The summed E-state index contributed by atoms with van der Waals surface area (Å²) in [6.07, 6.45) is 12.7. The zero-order valence-corrected chi connectivity index (χ0v) is 11.2. The lowest BCUT2D eigenvalue weighted by Crippen LogP contribution is -1.78. The van der Waals surface area contributed by atoms with Crippen molar-refractivity contribution in [1.29, 1.82) is 0 Å². The molecule has 1 aromatic carbocycles. The maximum Gasteiger partial charge on any atom is 0.123 e. The minimum atomic E-state index is 0.187. The largest absolute Gasteiger partial charge is 0.508 e. The van der Waals surface area contributed by atoms with Crippen LogP contribution in [0.15, 0.2) is 24.3 Å². The van der Waals surface area contributed by atoms with Crippen LogP contribution < -0.4 is 0 Å². The highest BCUT2D eigenvalue weighted by molar-refractivity contribution is 5.58. The number of allylic oxidation sites excluding steroid dienone is 1. The highest BCUT2D eigenvalue weighted by Gasteiger charge is 1.97. The summed E-state index contributed by atoms with van der Waals surface area (Å²) in [7, 11) is 0. The Morgan fingerprint density at radius 2 is 1.72 bits per heavy atom. The van der Waals surface area contributed by atoms with E-state index in [4.69, 9.17) is 0 Å². The van der Waals surface area contributed by atoms with E-state index in [-0.39, 0.29) is 11.5 Å². The molecule has 2 heteroatoms. The van der Waals surface area contributed by atoms with Gasteiger partial charge in [-0.3, -0.25) is 0 Å². The van der Waals surface area contributed by atoms with E-state index >= 15 is 0 Å². The van der Waals surface area contributed by atoms with E-state index < -0.39 is 0 Å². The summed E-state index contributed by atoms with van der Waals surface area (Å²) in [5.74, 6) is 0.402. The number of phenolic OH excluding ortho intramolecular Hbond substituents is 2. The van der Waals surface area contributed by atoms with Crippen LogP contribution in [0.5, 0.6) is 11.5 Å². The van der Waals surface area contributed by atoms with E-state index in [9.17, 15) is 10.2 Å². The third kappa shape index (κ3) is 5.76. The molecule has 2 N–H and O–H groups in total. The molecule has 0 spiro atoms. The van der Waals surface area contributed by atoms with Crippen molar-refractivity contribution in [3.8, 4) is 11.5 Å². The van der Waals surface area contributed by atoms with Gasteiger partial charge in [-0.1, -0.05) is 51.2 Å². The van der Waals surface area contributed by atoms with E-state index in [1.165, 1.54) is 50.7 Å². The quantitative estimate of drug-likeness (QED) is 0.509. The van der Waals surface area contributed by atoms with Crippen LogP contribution in [0, 0.1) is 0 Å². The summed E-state index contributed by atoms with van der Waals surface area (Å²) in [5, 5.41) is 18.9. The first kappa shape index (κ1) is 14.6. The monoisotopic (exact) mass is 248 g/mol. The van der Waals surface area contributed by atoms with E-state index in [1.54, 1.807) is 6.07 Å². The van der Waals surface area contributed by atoms with E-state index in [0.29, 0.717) is 5.56 Å². The van der Waals surface area contributed by atoms with Gasteiger partial charge in [0, 0.05) is 5.56 Å². The molecule has 0 amide bonds. The Kier molecular flexibility index (Phi) is 7.00. The minimum Gasteiger partial charge on any atom is -0.508 e. The van der Waals surface area contributed by atoms with Gasteiger partial charge in [-0.15, -0.1) is 0 Å². The van der Waals surface area contributed by atoms with Gasteiger partial charge < -0.3 is 10.2 Å². The number of hydrogen-bond acceptors (Lipinski definition) is 2. The van der Waals surface area contributed by atoms with Gasteiger partial charge in [0.05, 0.1) is 0 Å². The summed E-state index contributed by atoms with van der Waals surface area (Å²) in [6.45, 7) is 2.23. The van der Waals surface area contributed by atoms with Crippen LogP contribution in [0.1, 0.15) is 57.4 Å². The molecule has 0 aliphatic heterocycles. The first-order chi connectivity index (χ1) is 8.74. The molecule has 0 saturated carbocycles. The van der Waals surface area contributed by atoms with Crippen LogP contribution in [0.2, 0.25) is 0 Å². The second-order valence-corrected chi connectivity index (χ2v) is 4.70. The van der Waals surface area contributed by atoms with Crippen LogP contribution in [-0.4, -0.2) is 10.2 Å². The lowest BCUT2D eigenvalue weighted by atomic mass is 10.1. The molecule has 0 bridgehead atoms. The van der Waals surface area contributed by atoms with Crippen molar-refractivity contribution in [2.45, 2.75) is 51.9 Å². The predicted octanol–water partition coefficient (Wildman–Crippen LogP) is 4.86. The van der Waals surface area contributed by atoms with Crippen molar-refractivity contribution in [2.75, 3.05) is 0 Å². The fourth-order valence-electron chi connectivity index (χ4n) is 1.93. The maximum atomic E-state index is 9.57. The molecule has 1 rings (SSSR count). The van der Waals surface area contributed by atoms with Crippen LogP contribution in [-0.2, 0) is 0 Å². The number of benzene rings is 1. The number of rotatable bonds is 8. The van der Waals surface area contributed by atoms with Gasteiger partial charge in [-0.25, -0.2) is 0 Å². The van der Waals surface area contributed by atoms with Crippen molar-refractivity contribution < 1.29 is 10.2 Å². The van der Waals surface area contributed by atoms with E-state index in [1.807, 2.05) is 6.08 Å². The molecular weight excluding hydrogens is 224 g/mol. The third-order valence-electron chi connectivity index (χ3n) is 3.03. The molecule has 0 radical (unpaired) electrons. The lowest BCUT2D eigenvalue weighted by molar-refractivity contribution is 0.459. The Labute approximate surface area is 110 Å². The van der Waals surface area contributed by atoms with Gasteiger partial charge in [0.25, 0.3) is 0 Å². The SMILES string of the molecule is CCCCCCCCC=Cc1cc(O)ccc1O. The summed E-state index contributed by atoms with van der Waals surface area (Å²) >= 11 is 0. The van der Waals surface area contributed by atoms with Gasteiger partial charge in [-0.05, 0) is 31.0 Å². The van der Waals surface area contributed by atoms with Crippen molar-refractivity contribution >= 4 is 6.08 Å². The zero-order chi connectivity index (χ0) is 13.2. The van der Waals surface area contributed by atoms with Gasteiger partial charge in [0.1, 0.15) is 11.5 Å². The molecule has 100 valence electrons. The van der Waals surface area contributed by atoms with Crippen LogP contribution in [0.3, 0.4) is 0 Å². The summed E-state index contributed by atoms with van der Waals surface area (Å²) in [6, 6.07) is 4.58. The lowest BCUT2D eigenvalue weighted by Gasteiger charge is -2.00. The zero-order valence-electron chi connectivity index (χ0n) is 11.2. The van der Waals surface area contributed by atoms with E-state index in [0.717, 1.165) is 6.42 Å². The predicted molar refractivity (Wildman–Crippen MR) is 76.8 cm³/mol. The van der Waals surface area contributed by atoms with E-state index in [2.05, 4.69) is 13.0 Å². The highest BCUT2D eigenvalue weighted by atomic mass is 16.3. The van der Waals surface area contributed by atoms with Gasteiger partial charge in [0.2, 0.25) is 0 Å². The topological polar surface area (TPSA) is 40.5 Å². The fourth-order valence-corrected chi connectivity index (χ4v) is 1.93. The maximum absolute atomic E-state index is 9.57. The normalized spacial score (nSPS) is 11.2. The molecule has 2 nitrogen and oxygen atoms in total. The molecule has 0 fully saturated rings. The average Bonchev–Trinajstić information content (AvgIpc) is 2.36. The minimum absolute atomic E-state index is 0.187. The molecule has 18 heavy (non-hydrogen) atoms. The fraction of sp³-hybridized carbons (Fsp3) is 0.500. The Morgan fingerprint density at radius 3 is 2.50 bits per heavy atom. The highest BCUT2D eigenvalue weighted by Crippen LogP contribution is 2.23. The summed E-state index contributed by atoms with van der Waals surface area (Å²) in [5.41, 5.74) is 0.681. The second kappa shape index (κ2) is 8.62. The molecular formula is C16H24O2. The Balaban J connectivity index is 2.22. The second-order valence-electron chi connectivity index (χ2n) is 4.70. The number of hydrogen-bond donors (Lipinski definition) is 2. The van der Waals surface area contributed by atoms with Crippen molar-refractivity contribution in [3.05, 3.63) is 29.8 Å². The van der Waals surface area contributed by atoms with Crippen LogP contribution >= 0.6 is 0 Å². The van der Waals surface area contributed by atoms with Gasteiger partial charge in [-0.2, -0.15) is 0 Å². The molecule has 0 aliphatic rings. The first-order valence-corrected chi connectivity index (χ1v) is 6.92.